The van der Waals surface area contributed by atoms with E-state index in [1.807, 2.05) is 0 Å². The highest BCUT2D eigenvalue weighted by atomic mass is 31.2. The van der Waals surface area contributed by atoms with Gasteiger partial charge in [0.2, 0.25) is 0 Å². The molecule has 25 nitrogen and oxygen atoms in total. The summed E-state index contributed by atoms with van der Waals surface area (Å²) in [5.74, 6) is -2.34. The molecule has 19 unspecified atom stereocenters. The minimum absolute atomic E-state index is 0.00487. The highest BCUT2D eigenvalue weighted by Crippen LogP contribution is 2.49. The Labute approximate surface area is 712 Å². The van der Waals surface area contributed by atoms with Crippen LogP contribution in [0.4, 0.5) is 0 Å². The van der Waals surface area contributed by atoms with Crippen LogP contribution in [0.15, 0.2) is 12.2 Å². The smallest absolute Gasteiger partial charge is 0.463 e. The summed E-state index contributed by atoms with van der Waals surface area (Å²) in [5.41, 5.74) is 0. The average molecular weight is 1710 g/mol. The number of hydrogen-bond acceptors (Lipinski definition) is 24. The first-order valence-corrected chi connectivity index (χ1v) is 49.3. The summed E-state index contributed by atoms with van der Waals surface area (Å²) in [5, 5.41) is 102. The number of unbranched alkanes of at least 4 members (excludes halogenated alkanes) is 47. The fourth-order valence-corrected chi connectivity index (χ4v) is 16.9. The van der Waals surface area contributed by atoms with Crippen LogP contribution in [0, 0.1) is 5.92 Å². The molecule has 10 N–H and O–H groups in total. The van der Waals surface area contributed by atoms with Crippen LogP contribution in [0.1, 0.15) is 413 Å². The van der Waals surface area contributed by atoms with Gasteiger partial charge in [0, 0.05) is 25.7 Å². The van der Waals surface area contributed by atoms with Gasteiger partial charge in [-0.05, 0) is 57.3 Å². The largest absolute Gasteiger partial charge is 0.472 e. The van der Waals surface area contributed by atoms with Crippen molar-refractivity contribution in [3.63, 3.8) is 0 Å². The summed E-state index contributed by atoms with van der Waals surface area (Å²) < 4.78 is 73.5. The van der Waals surface area contributed by atoms with Crippen LogP contribution in [-0.2, 0) is 70.7 Å². The number of carbonyl (C=O) groups is 4. The molecule has 118 heavy (non-hydrogen) atoms. The molecule has 0 bridgehead atoms. The Bertz CT molecular complexity index is 2520. The monoisotopic (exact) mass is 1710 g/mol. The number of hydrogen-bond donors (Lipinski definition) is 10. The molecule has 3 rings (SSSR count). The van der Waals surface area contributed by atoms with Crippen molar-refractivity contribution < 1.29 is 122 Å². The van der Waals surface area contributed by atoms with E-state index in [4.69, 9.17) is 46.9 Å². The van der Waals surface area contributed by atoms with E-state index in [9.17, 15) is 74.6 Å². The van der Waals surface area contributed by atoms with Crippen LogP contribution < -0.4 is 0 Å². The van der Waals surface area contributed by atoms with Gasteiger partial charge in [-0.2, -0.15) is 0 Å². The molecule has 0 aromatic heterocycles. The molecule has 694 valence electrons. The first-order valence-electron chi connectivity index (χ1n) is 47.8. The molecule has 19 atom stereocenters. The number of aliphatic hydroxyl groups is 9. The van der Waals surface area contributed by atoms with Gasteiger partial charge in [0.1, 0.15) is 92.6 Å². The number of ether oxygens (including phenoxy) is 8. The van der Waals surface area contributed by atoms with E-state index in [0.717, 1.165) is 122 Å². The first-order chi connectivity index (χ1) is 57.1. The summed E-state index contributed by atoms with van der Waals surface area (Å²) in [4.78, 5) is 66.5. The normalized spacial score (nSPS) is 25.2. The molecule has 0 amide bonds. The van der Waals surface area contributed by atoms with Crippen LogP contribution >= 0.6 is 7.82 Å². The molecule has 0 radical (unpaired) electrons. The molecular weight excluding hydrogens is 1540 g/mol. The van der Waals surface area contributed by atoms with E-state index in [1.54, 1.807) is 0 Å². The lowest BCUT2D eigenvalue weighted by Gasteiger charge is -2.50. The third-order valence-electron chi connectivity index (χ3n) is 23.7. The Morgan fingerprint density at radius 1 is 0.356 bits per heavy atom. The van der Waals surface area contributed by atoms with Crippen molar-refractivity contribution in [1.29, 1.82) is 0 Å². The molecular formula is C92H171O25P. The lowest BCUT2D eigenvalue weighted by Crippen LogP contribution is -2.70. The summed E-state index contributed by atoms with van der Waals surface area (Å²) in [6.45, 7) is 7.90. The Morgan fingerprint density at radius 3 is 1.10 bits per heavy atom. The van der Waals surface area contributed by atoms with Crippen LogP contribution in [0.25, 0.3) is 0 Å². The standard InChI is InChI=1S/C92H171O25P/c1-6-10-14-18-22-25-28-31-33-36-39-41-44-51-57-63-75(94)108-68-72(111-77(96)65-59-53-46-43-40-37-34-32-29-26-23-19-15-11-7-2)69-110-118(106,107)117-90-88(115-91-85(104)81(100)79(98)73(67-93)112-91)84(103)83(102)87(114-78(97)66-60-54-48-47-50-56-62-71(5)61-55-49-21-17-13-9-4)89(90)116-92-86(105)82(101)80(99)74(113-92)70-109-76(95)64-58-52-45-42-38-35-30-27-24-20-16-12-8-3/h35,38,71-74,79-93,98-105H,6-34,36-37,39-70H2,1-5H3,(H,106,107)/b38-35-. The third kappa shape index (κ3) is 50.4. The number of aliphatic hydroxyl groups excluding tert-OH is 9. The number of phosphoric acid groups is 1. The predicted molar refractivity (Wildman–Crippen MR) is 458 cm³/mol. The lowest BCUT2D eigenvalue weighted by molar-refractivity contribution is -0.360. The van der Waals surface area contributed by atoms with Crippen molar-refractivity contribution in [3.05, 3.63) is 12.2 Å². The van der Waals surface area contributed by atoms with Crippen LogP contribution in [0.5, 0.6) is 0 Å². The van der Waals surface area contributed by atoms with Crippen LogP contribution in [0.3, 0.4) is 0 Å². The highest BCUT2D eigenvalue weighted by Gasteiger charge is 2.60. The van der Waals surface area contributed by atoms with E-state index in [1.165, 1.54) is 193 Å². The molecule has 3 aliphatic rings. The molecule has 2 aliphatic heterocycles. The van der Waals surface area contributed by atoms with Gasteiger partial charge in [-0.3, -0.25) is 28.2 Å². The van der Waals surface area contributed by atoms with Crippen molar-refractivity contribution in [2.24, 2.45) is 5.92 Å². The molecule has 2 heterocycles. The predicted octanol–water partition coefficient (Wildman–Crippen LogP) is 17.8. The third-order valence-corrected chi connectivity index (χ3v) is 24.7. The molecule has 1 aliphatic carbocycles. The van der Waals surface area contributed by atoms with Gasteiger partial charge in [0.15, 0.2) is 24.8 Å². The maximum absolute atomic E-state index is 14.9. The summed E-state index contributed by atoms with van der Waals surface area (Å²) >= 11 is 0. The van der Waals surface area contributed by atoms with Crippen molar-refractivity contribution in [2.45, 2.75) is 518 Å². The number of allylic oxidation sites excluding steroid dienone is 2. The Kier molecular flexibility index (Phi) is 65.2. The van der Waals surface area contributed by atoms with Gasteiger partial charge < -0.3 is 88.7 Å². The zero-order valence-corrected chi connectivity index (χ0v) is 75.0. The van der Waals surface area contributed by atoms with Gasteiger partial charge in [-0.15, -0.1) is 0 Å². The number of esters is 4. The second-order valence-corrected chi connectivity index (χ2v) is 35.9. The van der Waals surface area contributed by atoms with Crippen molar-refractivity contribution in [1.82, 2.24) is 0 Å². The van der Waals surface area contributed by atoms with E-state index in [2.05, 4.69) is 46.8 Å². The number of carbonyl (C=O) groups excluding carboxylic acids is 4. The Balaban J connectivity index is 1.93. The maximum Gasteiger partial charge on any atom is 0.472 e. The van der Waals surface area contributed by atoms with Crippen LogP contribution in [0.2, 0.25) is 0 Å². The summed E-state index contributed by atoms with van der Waals surface area (Å²) in [6, 6.07) is 0. The average Bonchev–Trinajstić information content (AvgIpc) is 0.754. The van der Waals surface area contributed by atoms with E-state index >= 15 is 0 Å². The van der Waals surface area contributed by atoms with Gasteiger partial charge in [-0.1, -0.05) is 349 Å². The first kappa shape index (κ1) is 109. The minimum Gasteiger partial charge on any atom is -0.463 e. The molecule has 26 heteroatoms. The van der Waals surface area contributed by atoms with E-state index < -0.39 is 162 Å². The molecule has 3 fully saturated rings. The highest BCUT2D eigenvalue weighted by molar-refractivity contribution is 7.47. The number of phosphoric ester groups is 1. The van der Waals surface area contributed by atoms with E-state index in [-0.39, 0.29) is 25.7 Å². The van der Waals surface area contributed by atoms with Gasteiger partial charge in [-0.25, -0.2) is 4.57 Å². The Hall–Kier alpha value is -2.79. The topological polar surface area (TPSA) is 380 Å². The van der Waals surface area contributed by atoms with Crippen LogP contribution in [-0.4, -0.2) is 205 Å². The molecule has 1 saturated carbocycles. The van der Waals surface area contributed by atoms with Crippen molar-refractivity contribution in [2.75, 3.05) is 26.4 Å². The fourth-order valence-electron chi connectivity index (χ4n) is 16.0. The van der Waals surface area contributed by atoms with Gasteiger partial charge in [0.25, 0.3) is 0 Å². The van der Waals surface area contributed by atoms with Crippen molar-refractivity contribution >= 4 is 31.7 Å². The Morgan fingerprint density at radius 2 is 0.686 bits per heavy atom. The fraction of sp³-hybridized carbons (Fsp3) is 0.935. The molecule has 2 saturated heterocycles. The second kappa shape index (κ2) is 70.4. The lowest BCUT2D eigenvalue weighted by atomic mass is 9.84. The maximum atomic E-state index is 14.9. The quantitative estimate of drug-likeness (QED) is 0.00889. The SMILES string of the molecule is CCCCCCCC/C=C\CCCCCC(=O)OCC1OC(OC2C(OC(=O)CCCCCCCCC(C)CCCCCCCC)C(O)C(O)C(OC3OC(CO)C(O)C(O)C3O)C2OP(=O)(O)OCC(COC(=O)CCCCCCCCCCCCCCCCC)OC(=O)CCCCCCCCCCCCCCCCC)C(O)C(O)C1O. The van der Waals surface area contributed by atoms with Gasteiger partial charge >= 0.3 is 31.7 Å². The zero-order valence-electron chi connectivity index (χ0n) is 74.1. The minimum atomic E-state index is -5.81. The molecule has 0 aromatic carbocycles. The molecule has 0 spiro atoms. The number of rotatable bonds is 77. The summed E-state index contributed by atoms with van der Waals surface area (Å²) in [7, 11) is -5.81. The van der Waals surface area contributed by atoms with Gasteiger partial charge in [0.05, 0.1) is 13.2 Å². The zero-order chi connectivity index (χ0) is 86.2. The summed E-state index contributed by atoms with van der Waals surface area (Å²) in [6.07, 6.45) is 27.8. The van der Waals surface area contributed by atoms with Crippen molar-refractivity contribution in [3.8, 4) is 0 Å². The van der Waals surface area contributed by atoms with E-state index in [0.29, 0.717) is 44.4 Å². The second-order valence-electron chi connectivity index (χ2n) is 34.5. The molecule has 0 aromatic rings.